The van der Waals surface area contributed by atoms with E-state index in [-0.39, 0.29) is 24.6 Å². The standard InChI is InChI=1S/C17H16FNO5/c1-22-17(21)14-8-12(24-15-5-3-2-4-13(15)18)9-19(14)16(20)11-6-7-23-10-11/h2-7,10,12,14H,8-9H2,1H3. The first-order valence-electron chi connectivity index (χ1n) is 7.42. The summed E-state index contributed by atoms with van der Waals surface area (Å²) in [6.45, 7) is 0.151. The SMILES string of the molecule is COC(=O)C1CC(Oc2ccccc2F)CN1C(=O)c1ccoc1. The largest absolute Gasteiger partial charge is 0.485 e. The minimum atomic E-state index is -0.783. The van der Waals surface area contributed by atoms with Crippen molar-refractivity contribution < 1.29 is 27.9 Å². The summed E-state index contributed by atoms with van der Waals surface area (Å²) in [5, 5.41) is 0. The quantitative estimate of drug-likeness (QED) is 0.803. The molecule has 1 aromatic heterocycles. The molecule has 1 aromatic carbocycles. The second kappa shape index (κ2) is 6.74. The van der Waals surface area contributed by atoms with Crippen molar-refractivity contribution in [3.8, 4) is 5.75 Å². The summed E-state index contributed by atoms with van der Waals surface area (Å²) in [6.07, 6.45) is 2.40. The van der Waals surface area contributed by atoms with Crippen LogP contribution in [0, 0.1) is 5.82 Å². The van der Waals surface area contributed by atoms with E-state index in [2.05, 4.69) is 0 Å². The number of benzene rings is 1. The molecule has 2 heterocycles. The van der Waals surface area contributed by atoms with Crippen molar-refractivity contribution in [1.29, 1.82) is 0 Å². The average Bonchev–Trinajstić information content (AvgIpc) is 3.25. The molecule has 1 aliphatic rings. The Kier molecular flexibility index (Phi) is 4.50. The van der Waals surface area contributed by atoms with E-state index in [1.165, 1.54) is 42.7 Å². The Labute approximate surface area is 137 Å². The number of methoxy groups -OCH3 is 1. The molecular formula is C17H16FNO5. The highest BCUT2D eigenvalue weighted by Crippen LogP contribution is 2.27. The topological polar surface area (TPSA) is 69.0 Å². The number of rotatable bonds is 4. The smallest absolute Gasteiger partial charge is 0.328 e. The summed E-state index contributed by atoms with van der Waals surface area (Å²) in [5.41, 5.74) is 0.329. The molecule has 24 heavy (non-hydrogen) atoms. The summed E-state index contributed by atoms with van der Waals surface area (Å²) in [5.74, 6) is -1.30. The second-order valence-electron chi connectivity index (χ2n) is 5.41. The second-order valence-corrected chi connectivity index (χ2v) is 5.41. The van der Waals surface area contributed by atoms with Gasteiger partial charge in [0, 0.05) is 6.42 Å². The minimum absolute atomic E-state index is 0.0868. The molecule has 1 amide bonds. The summed E-state index contributed by atoms with van der Waals surface area (Å²) in [4.78, 5) is 25.9. The number of carbonyl (C=O) groups excluding carboxylic acids is 2. The monoisotopic (exact) mass is 333 g/mol. The van der Waals surface area contributed by atoms with Crippen molar-refractivity contribution in [3.05, 3.63) is 54.2 Å². The van der Waals surface area contributed by atoms with E-state index >= 15 is 0 Å². The zero-order valence-electron chi connectivity index (χ0n) is 13.0. The van der Waals surface area contributed by atoms with E-state index in [9.17, 15) is 14.0 Å². The molecule has 0 spiro atoms. The molecule has 7 heteroatoms. The van der Waals surface area contributed by atoms with Crippen LogP contribution in [-0.4, -0.2) is 42.6 Å². The Morgan fingerprint density at radius 3 is 2.75 bits per heavy atom. The normalized spacial score (nSPS) is 20.0. The molecule has 1 aliphatic heterocycles. The van der Waals surface area contributed by atoms with E-state index < -0.39 is 23.9 Å². The van der Waals surface area contributed by atoms with Gasteiger partial charge in [-0.05, 0) is 18.2 Å². The summed E-state index contributed by atoms with van der Waals surface area (Å²) >= 11 is 0. The van der Waals surface area contributed by atoms with Crippen molar-refractivity contribution in [3.63, 3.8) is 0 Å². The van der Waals surface area contributed by atoms with E-state index in [0.717, 1.165) is 0 Å². The zero-order chi connectivity index (χ0) is 17.1. The van der Waals surface area contributed by atoms with Gasteiger partial charge in [-0.15, -0.1) is 0 Å². The lowest BCUT2D eigenvalue weighted by Gasteiger charge is -2.21. The molecule has 2 unspecified atom stereocenters. The van der Waals surface area contributed by atoms with E-state index in [4.69, 9.17) is 13.9 Å². The maximum absolute atomic E-state index is 13.7. The number of likely N-dealkylation sites (tertiary alicyclic amines) is 1. The van der Waals surface area contributed by atoms with Gasteiger partial charge >= 0.3 is 5.97 Å². The van der Waals surface area contributed by atoms with Crippen molar-refractivity contribution in [2.24, 2.45) is 0 Å². The predicted molar refractivity (Wildman–Crippen MR) is 81.0 cm³/mol. The van der Waals surface area contributed by atoms with Gasteiger partial charge in [-0.1, -0.05) is 12.1 Å². The number of furan rings is 1. The van der Waals surface area contributed by atoms with Gasteiger partial charge < -0.3 is 18.8 Å². The first-order valence-corrected chi connectivity index (χ1v) is 7.42. The number of hydrogen-bond donors (Lipinski definition) is 0. The third-order valence-electron chi connectivity index (χ3n) is 3.90. The number of nitrogens with zero attached hydrogens (tertiary/aromatic N) is 1. The fourth-order valence-electron chi connectivity index (χ4n) is 2.74. The van der Waals surface area contributed by atoms with E-state index in [0.29, 0.717) is 5.56 Å². The van der Waals surface area contributed by atoms with Crippen LogP contribution < -0.4 is 4.74 Å². The summed E-state index contributed by atoms with van der Waals surface area (Å²) in [7, 11) is 1.26. The van der Waals surface area contributed by atoms with Crippen molar-refractivity contribution >= 4 is 11.9 Å². The van der Waals surface area contributed by atoms with Crippen LogP contribution in [0.25, 0.3) is 0 Å². The Bertz CT molecular complexity index is 730. The number of carbonyl (C=O) groups is 2. The molecule has 0 saturated carbocycles. The molecule has 1 saturated heterocycles. The number of hydrogen-bond acceptors (Lipinski definition) is 5. The van der Waals surface area contributed by atoms with Gasteiger partial charge in [0.15, 0.2) is 11.6 Å². The first kappa shape index (κ1) is 16.0. The Morgan fingerprint density at radius 1 is 1.29 bits per heavy atom. The number of amides is 1. The Morgan fingerprint density at radius 2 is 2.08 bits per heavy atom. The van der Waals surface area contributed by atoms with Gasteiger partial charge in [0.2, 0.25) is 0 Å². The first-order chi connectivity index (χ1) is 11.6. The van der Waals surface area contributed by atoms with Gasteiger partial charge in [0.05, 0.1) is 25.5 Å². The number of ether oxygens (including phenoxy) is 2. The molecule has 0 aliphatic carbocycles. The molecule has 2 aromatic rings. The highest BCUT2D eigenvalue weighted by atomic mass is 19.1. The van der Waals surface area contributed by atoms with Gasteiger partial charge in [-0.2, -0.15) is 0 Å². The van der Waals surface area contributed by atoms with Gasteiger partial charge in [-0.25, -0.2) is 9.18 Å². The van der Waals surface area contributed by atoms with Crippen LogP contribution in [0.4, 0.5) is 4.39 Å². The lowest BCUT2D eigenvalue weighted by atomic mass is 10.2. The van der Waals surface area contributed by atoms with Crippen LogP contribution >= 0.6 is 0 Å². The van der Waals surface area contributed by atoms with E-state index in [1.807, 2.05) is 0 Å². The molecule has 2 atom stereocenters. The van der Waals surface area contributed by atoms with Crippen LogP contribution in [0.2, 0.25) is 0 Å². The van der Waals surface area contributed by atoms with Crippen LogP contribution in [0.1, 0.15) is 16.8 Å². The fourth-order valence-corrected chi connectivity index (χ4v) is 2.74. The molecule has 3 rings (SSSR count). The highest BCUT2D eigenvalue weighted by Gasteiger charge is 2.42. The molecule has 6 nitrogen and oxygen atoms in total. The van der Waals surface area contributed by atoms with Crippen LogP contribution in [-0.2, 0) is 9.53 Å². The Hall–Kier alpha value is -2.83. The van der Waals surface area contributed by atoms with Crippen molar-refractivity contribution in [1.82, 2.24) is 4.90 Å². The highest BCUT2D eigenvalue weighted by molar-refractivity contribution is 5.96. The number of halogens is 1. The number of para-hydroxylation sites is 1. The fraction of sp³-hybridized carbons (Fsp3) is 0.294. The van der Waals surface area contributed by atoms with Gasteiger partial charge in [-0.3, -0.25) is 4.79 Å². The molecular weight excluding hydrogens is 317 g/mol. The summed E-state index contributed by atoms with van der Waals surface area (Å²) in [6, 6.07) is 6.73. The third kappa shape index (κ3) is 3.10. The zero-order valence-corrected chi connectivity index (χ0v) is 13.0. The molecule has 0 bridgehead atoms. The van der Waals surface area contributed by atoms with Crippen molar-refractivity contribution in [2.45, 2.75) is 18.6 Å². The van der Waals surface area contributed by atoms with Gasteiger partial charge in [0.1, 0.15) is 18.4 Å². The van der Waals surface area contributed by atoms with Gasteiger partial charge in [0.25, 0.3) is 5.91 Å². The molecule has 1 fully saturated rings. The lowest BCUT2D eigenvalue weighted by Crippen LogP contribution is -2.41. The van der Waals surface area contributed by atoms with Crippen LogP contribution in [0.5, 0.6) is 5.75 Å². The Balaban J connectivity index is 1.79. The van der Waals surface area contributed by atoms with Crippen LogP contribution in [0.15, 0.2) is 47.3 Å². The van der Waals surface area contributed by atoms with Crippen LogP contribution in [0.3, 0.4) is 0 Å². The summed E-state index contributed by atoms with van der Waals surface area (Å²) < 4.78 is 29.0. The average molecular weight is 333 g/mol. The predicted octanol–water partition coefficient (Wildman–Crippen LogP) is 2.25. The molecule has 0 N–H and O–H groups in total. The van der Waals surface area contributed by atoms with Crippen molar-refractivity contribution in [2.75, 3.05) is 13.7 Å². The minimum Gasteiger partial charge on any atom is -0.485 e. The maximum Gasteiger partial charge on any atom is 0.328 e. The number of esters is 1. The third-order valence-corrected chi connectivity index (χ3v) is 3.90. The maximum atomic E-state index is 13.7. The lowest BCUT2D eigenvalue weighted by molar-refractivity contribution is -0.145. The van der Waals surface area contributed by atoms with E-state index in [1.54, 1.807) is 12.1 Å². The molecule has 126 valence electrons. The molecule has 0 radical (unpaired) electrons.